The monoisotopic (exact) mass is 249 g/mol. The molecule has 0 atom stereocenters. The summed E-state index contributed by atoms with van der Waals surface area (Å²) in [5.74, 6) is -1.71. The smallest absolute Gasteiger partial charge is 0.159 e. The van der Waals surface area contributed by atoms with Crippen molar-refractivity contribution in [2.75, 3.05) is 0 Å². The Morgan fingerprint density at radius 1 is 1.17 bits per heavy atom. The van der Waals surface area contributed by atoms with Gasteiger partial charge in [0.15, 0.2) is 17.9 Å². The Morgan fingerprint density at radius 3 is 2.44 bits per heavy atom. The molecule has 0 fully saturated rings. The first kappa shape index (κ1) is 12.5. The van der Waals surface area contributed by atoms with Crippen LogP contribution in [0.25, 0.3) is 0 Å². The summed E-state index contributed by atoms with van der Waals surface area (Å²) in [7, 11) is 0. The Morgan fingerprint density at radius 2 is 1.89 bits per heavy atom. The van der Waals surface area contributed by atoms with Gasteiger partial charge in [0.2, 0.25) is 0 Å². The number of carbonyl (C=O) groups is 1. The molecule has 2 rings (SSSR count). The van der Waals surface area contributed by atoms with Crippen molar-refractivity contribution in [3.05, 3.63) is 58.4 Å². The minimum Gasteiger partial charge on any atom is -0.344 e. The summed E-state index contributed by atoms with van der Waals surface area (Å²) < 4.78 is 27.8. The van der Waals surface area contributed by atoms with E-state index in [1.807, 2.05) is 18.4 Å². The number of rotatable bonds is 3. The van der Waals surface area contributed by atoms with E-state index in [1.165, 1.54) is 12.1 Å². The Bertz CT molecular complexity index is 602. The van der Waals surface area contributed by atoms with Crippen molar-refractivity contribution in [1.29, 1.82) is 0 Å². The fraction of sp³-hybridized carbons (Fsp3) is 0.214. The maximum absolute atomic E-state index is 13.1. The lowest BCUT2D eigenvalue weighted by Gasteiger charge is -2.09. The van der Waals surface area contributed by atoms with Gasteiger partial charge in [0, 0.05) is 23.5 Å². The van der Waals surface area contributed by atoms with Crippen LogP contribution in [0.2, 0.25) is 0 Å². The second kappa shape index (κ2) is 4.72. The van der Waals surface area contributed by atoms with Gasteiger partial charge in [-0.2, -0.15) is 0 Å². The van der Waals surface area contributed by atoms with E-state index in [0.29, 0.717) is 17.7 Å². The van der Waals surface area contributed by atoms with Gasteiger partial charge in [-0.1, -0.05) is 6.07 Å². The predicted octanol–water partition coefficient (Wildman–Crippen LogP) is 3.24. The van der Waals surface area contributed by atoms with Crippen molar-refractivity contribution in [1.82, 2.24) is 4.57 Å². The maximum Gasteiger partial charge on any atom is 0.159 e. The van der Waals surface area contributed by atoms with Crippen LogP contribution in [0, 0.1) is 25.5 Å². The van der Waals surface area contributed by atoms with Gasteiger partial charge in [0.25, 0.3) is 0 Å². The zero-order valence-electron chi connectivity index (χ0n) is 10.2. The molecule has 94 valence electrons. The number of hydrogen-bond acceptors (Lipinski definition) is 1. The van der Waals surface area contributed by atoms with Crippen LogP contribution in [-0.2, 0) is 6.54 Å². The van der Waals surface area contributed by atoms with E-state index in [-0.39, 0.29) is 0 Å². The van der Waals surface area contributed by atoms with E-state index < -0.39 is 11.6 Å². The highest BCUT2D eigenvalue weighted by Gasteiger charge is 2.09. The molecule has 0 N–H and O–H groups in total. The number of nitrogens with zero attached hydrogens (tertiary/aromatic N) is 1. The standard InChI is InChI=1S/C14H13F2NO/c1-9-5-12(8-18)10(2)17(9)7-11-3-4-13(15)14(16)6-11/h3-6,8H,7H2,1-2H3. The lowest BCUT2D eigenvalue weighted by atomic mass is 10.2. The molecule has 0 bridgehead atoms. The molecule has 0 aliphatic carbocycles. The second-order valence-corrected chi connectivity index (χ2v) is 4.28. The molecule has 0 saturated carbocycles. The molecule has 4 heteroatoms. The lowest BCUT2D eigenvalue weighted by molar-refractivity contribution is 0.112. The molecule has 0 aliphatic rings. The van der Waals surface area contributed by atoms with Crippen molar-refractivity contribution in [3.63, 3.8) is 0 Å². The molecule has 0 unspecified atom stereocenters. The molecule has 2 nitrogen and oxygen atoms in total. The van der Waals surface area contributed by atoms with Gasteiger partial charge in [-0.05, 0) is 37.6 Å². The van der Waals surface area contributed by atoms with Gasteiger partial charge in [0.05, 0.1) is 0 Å². The fourth-order valence-corrected chi connectivity index (χ4v) is 2.01. The van der Waals surface area contributed by atoms with Gasteiger partial charge < -0.3 is 4.57 Å². The largest absolute Gasteiger partial charge is 0.344 e. The van der Waals surface area contributed by atoms with Crippen LogP contribution in [0.3, 0.4) is 0 Å². The Balaban J connectivity index is 2.36. The highest BCUT2D eigenvalue weighted by Crippen LogP contribution is 2.17. The van der Waals surface area contributed by atoms with E-state index in [1.54, 1.807) is 6.07 Å². The number of aryl methyl sites for hydroxylation is 1. The molecule has 1 heterocycles. The third kappa shape index (κ3) is 2.18. The summed E-state index contributed by atoms with van der Waals surface area (Å²) in [5.41, 5.74) is 3.02. The van der Waals surface area contributed by atoms with Gasteiger partial charge in [-0.3, -0.25) is 4.79 Å². The lowest BCUT2D eigenvalue weighted by Crippen LogP contribution is -2.05. The third-order valence-corrected chi connectivity index (χ3v) is 3.06. The highest BCUT2D eigenvalue weighted by atomic mass is 19.2. The Labute approximate surface area is 104 Å². The summed E-state index contributed by atoms with van der Waals surface area (Å²) in [6.45, 7) is 4.12. The van der Waals surface area contributed by atoms with Crippen molar-refractivity contribution in [2.24, 2.45) is 0 Å². The fourth-order valence-electron chi connectivity index (χ4n) is 2.01. The average Bonchev–Trinajstić information content (AvgIpc) is 2.61. The summed E-state index contributed by atoms with van der Waals surface area (Å²) in [4.78, 5) is 10.8. The number of aldehydes is 1. The highest BCUT2D eigenvalue weighted by molar-refractivity contribution is 5.77. The van der Waals surface area contributed by atoms with Gasteiger partial charge >= 0.3 is 0 Å². The molecule has 1 aromatic carbocycles. The SMILES string of the molecule is Cc1cc(C=O)c(C)n1Cc1ccc(F)c(F)c1. The number of aromatic nitrogens is 1. The van der Waals surface area contributed by atoms with Crippen LogP contribution >= 0.6 is 0 Å². The summed E-state index contributed by atoms with van der Waals surface area (Å²) in [6, 6.07) is 5.61. The van der Waals surface area contributed by atoms with Gasteiger partial charge in [0.1, 0.15) is 0 Å². The summed E-state index contributed by atoms with van der Waals surface area (Å²) in [6.07, 6.45) is 0.796. The van der Waals surface area contributed by atoms with E-state index in [9.17, 15) is 13.6 Å². The normalized spacial score (nSPS) is 10.7. The first-order valence-corrected chi connectivity index (χ1v) is 5.58. The zero-order valence-corrected chi connectivity index (χ0v) is 10.2. The maximum atomic E-state index is 13.1. The second-order valence-electron chi connectivity index (χ2n) is 4.28. The molecule has 2 aromatic rings. The molecule has 0 amide bonds. The van der Waals surface area contributed by atoms with E-state index in [4.69, 9.17) is 0 Å². The summed E-state index contributed by atoms with van der Waals surface area (Å²) >= 11 is 0. The number of halogens is 2. The first-order valence-electron chi connectivity index (χ1n) is 5.58. The Hall–Kier alpha value is -1.97. The molecule has 1 aromatic heterocycles. The third-order valence-electron chi connectivity index (χ3n) is 3.06. The van der Waals surface area contributed by atoms with Gasteiger partial charge in [-0.15, -0.1) is 0 Å². The molecule has 18 heavy (non-hydrogen) atoms. The van der Waals surface area contributed by atoms with E-state index in [0.717, 1.165) is 23.7 Å². The minimum atomic E-state index is -0.856. The van der Waals surface area contributed by atoms with Crippen molar-refractivity contribution in [2.45, 2.75) is 20.4 Å². The molecule has 0 radical (unpaired) electrons. The first-order chi connectivity index (χ1) is 8.52. The zero-order chi connectivity index (χ0) is 13.3. The molecular formula is C14H13F2NO. The van der Waals surface area contributed by atoms with Crippen LogP contribution in [0.15, 0.2) is 24.3 Å². The van der Waals surface area contributed by atoms with E-state index >= 15 is 0 Å². The minimum absolute atomic E-state index is 0.419. The quantitative estimate of drug-likeness (QED) is 0.765. The molecular weight excluding hydrogens is 236 g/mol. The van der Waals surface area contributed by atoms with Crippen LogP contribution < -0.4 is 0 Å². The van der Waals surface area contributed by atoms with Crippen molar-refractivity contribution >= 4 is 6.29 Å². The van der Waals surface area contributed by atoms with Crippen LogP contribution in [0.4, 0.5) is 8.78 Å². The average molecular weight is 249 g/mol. The molecule has 0 aliphatic heterocycles. The number of benzene rings is 1. The Kier molecular flexibility index (Phi) is 3.28. The van der Waals surface area contributed by atoms with Crippen LogP contribution in [-0.4, -0.2) is 10.9 Å². The van der Waals surface area contributed by atoms with Crippen molar-refractivity contribution in [3.8, 4) is 0 Å². The number of carbonyl (C=O) groups excluding carboxylic acids is 1. The van der Waals surface area contributed by atoms with Crippen LogP contribution in [0.1, 0.15) is 27.3 Å². The molecule has 0 saturated heterocycles. The van der Waals surface area contributed by atoms with E-state index in [2.05, 4.69) is 0 Å². The predicted molar refractivity (Wildman–Crippen MR) is 64.8 cm³/mol. The molecule has 0 spiro atoms. The van der Waals surface area contributed by atoms with Crippen molar-refractivity contribution < 1.29 is 13.6 Å². The number of hydrogen-bond donors (Lipinski definition) is 0. The topological polar surface area (TPSA) is 22.0 Å². The summed E-state index contributed by atoms with van der Waals surface area (Å²) in [5, 5.41) is 0. The van der Waals surface area contributed by atoms with Gasteiger partial charge in [-0.25, -0.2) is 8.78 Å². The van der Waals surface area contributed by atoms with Crippen LogP contribution in [0.5, 0.6) is 0 Å².